The Labute approximate surface area is 115 Å². The van der Waals surface area contributed by atoms with Crippen LogP contribution in [-0.2, 0) is 4.79 Å². The van der Waals surface area contributed by atoms with Gasteiger partial charge in [0.1, 0.15) is 6.10 Å². The molecule has 2 unspecified atom stereocenters. The largest absolute Gasteiger partial charge is 0.476 e. The molecule has 110 valence electrons. The number of aliphatic hydroxyl groups is 2. The van der Waals surface area contributed by atoms with E-state index in [2.05, 4.69) is 10.3 Å². The van der Waals surface area contributed by atoms with Gasteiger partial charge in [-0.2, -0.15) is 0 Å². The molecule has 0 aliphatic rings. The second-order valence-electron chi connectivity index (χ2n) is 4.30. The molecule has 1 amide bonds. The molecule has 1 aromatic heterocycles. The number of hydrogen-bond donors (Lipinski definition) is 5. The summed E-state index contributed by atoms with van der Waals surface area (Å²) in [6, 6.07) is 1.25. The number of hydrogen-bond acceptors (Lipinski definition) is 6. The van der Waals surface area contributed by atoms with E-state index in [0.717, 1.165) is 6.20 Å². The van der Waals surface area contributed by atoms with Gasteiger partial charge in [-0.15, -0.1) is 0 Å². The number of aliphatic hydroxyl groups excluding tert-OH is 2. The normalized spacial score (nSPS) is 13.6. The molecule has 20 heavy (non-hydrogen) atoms. The van der Waals surface area contributed by atoms with Gasteiger partial charge in [0.15, 0.2) is 5.69 Å². The van der Waals surface area contributed by atoms with Crippen molar-refractivity contribution in [3.8, 4) is 0 Å². The number of nitrogen functional groups attached to an aromatic ring is 1. The number of rotatable bonds is 6. The summed E-state index contributed by atoms with van der Waals surface area (Å²) in [5.41, 5.74) is 5.31. The Bertz CT molecular complexity index is 506. The van der Waals surface area contributed by atoms with Gasteiger partial charge >= 0.3 is 5.97 Å². The number of aromatic carboxylic acids is 1. The third-order valence-corrected chi connectivity index (χ3v) is 2.66. The van der Waals surface area contributed by atoms with Crippen LogP contribution in [0.2, 0.25) is 0 Å². The van der Waals surface area contributed by atoms with Gasteiger partial charge in [0, 0.05) is 25.2 Å². The molecule has 0 aromatic carbocycles. The van der Waals surface area contributed by atoms with Gasteiger partial charge in [0.2, 0.25) is 5.91 Å². The van der Waals surface area contributed by atoms with Crippen LogP contribution in [0.15, 0.2) is 12.3 Å². The maximum absolute atomic E-state index is 10.7. The second kappa shape index (κ2) is 6.83. The summed E-state index contributed by atoms with van der Waals surface area (Å²) in [6.07, 6.45) is -1.10. The standard InChI is InChI=1S/C12H17N3O5/c1-6(16)14-3-2-9(17)11(18)7-4-8(13)10(12(19)20)15-5-7/h4-5,9,11,17-18H,2-3,13H2,1H3,(H,14,16)(H,19,20). The van der Waals surface area contributed by atoms with Crippen LogP contribution in [0.3, 0.4) is 0 Å². The zero-order chi connectivity index (χ0) is 15.3. The molecule has 1 aromatic rings. The number of anilines is 1. The Kier molecular flexibility index (Phi) is 5.42. The summed E-state index contributed by atoms with van der Waals surface area (Å²) >= 11 is 0. The molecule has 0 radical (unpaired) electrons. The van der Waals surface area contributed by atoms with Crippen LogP contribution in [0.1, 0.15) is 35.5 Å². The molecule has 0 aliphatic carbocycles. The predicted octanol–water partition coefficient (Wildman–Crippen LogP) is -0.717. The smallest absolute Gasteiger partial charge is 0.356 e. The lowest BCUT2D eigenvalue weighted by Crippen LogP contribution is -2.27. The first-order chi connectivity index (χ1) is 9.32. The Morgan fingerprint density at radius 1 is 1.45 bits per heavy atom. The maximum Gasteiger partial charge on any atom is 0.356 e. The molecule has 0 aliphatic heterocycles. The Morgan fingerprint density at radius 2 is 2.10 bits per heavy atom. The lowest BCUT2D eigenvalue weighted by atomic mass is 10.0. The van der Waals surface area contributed by atoms with Gasteiger partial charge in [0.05, 0.1) is 11.8 Å². The monoisotopic (exact) mass is 283 g/mol. The van der Waals surface area contributed by atoms with E-state index in [9.17, 15) is 19.8 Å². The number of nitrogens with one attached hydrogen (secondary N) is 1. The minimum atomic E-state index is -1.27. The molecule has 1 rings (SSSR count). The van der Waals surface area contributed by atoms with Gasteiger partial charge in [-0.05, 0) is 12.5 Å². The third kappa shape index (κ3) is 4.18. The lowest BCUT2D eigenvalue weighted by molar-refractivity contribution is -0.119. The minimum absolute atomic E-state index is 0.0943. The first kappa shape index (κ1) is 15.9. The fourth-order valence-electron chi connectivity index (χ4n) is 1.62. The Morgan fingerprint density at radius 3 is 2.60 bits per heavy atom. The molecule has 8 heteroatoms. The summed E-state index contributed by atoms with van der Waals surface area (Å²) in [4.78, 5) is 25.0. The molecule has 6 N–H and O–H groups in total. The highest BCUT2D eigenvalue weighted by molar-refractivity contribution is 5.91. The van der Waals surface area contributed by atoms with E-state index in [1.54, 1.807) is 0 Å². The van der Waals surface area contributed by atoms with Crippen molar-refractivity contribution in [3.05, 3.63) is 23.5 Å². The van der Waals surface area contributed by atoms with Crippen LogP contribution in [0, 0.1) is 0 Å². The highest BCUT2D eigenvalue weighted by atomic mass is 16.4. The van der Waals surface area contributed by atoms with Gasteiger partial charge < -0.3 is 26.4 Å². The average molecular weight is 283 g/mol. The zero-order valence-electron chi connectivity index (χ0n) is 10.9. The van der Waals surface area contributed by atoms with Crippen molar-refractivity contribution in [1.29, 1.82) is 0 Å². The van der Waals surface area contributed by atoms with E-state index in [1.165, 1.54) is 13.0 Å². The summed E-state index contributed by atoms with van der Waals surface area (Å²) in [5.74, 6) is -1.50. The van der Waals surface area contributed by atoms with Crippen molar-refractivity contribution in [3.63, 3.8) is 0 Å². The minimum Gasteiger partial charge on any atom is -0.476 e. The van der Waals surface area contributed by atoms with Crippen molar-refractivity contribution in [2.75, 3.05) is 12.3 Å². The van der Waals surface area contributed by atoms with Crippen LogP contribution >= 0.6 is 0 Å². The molecule has 1 heterocycles. The summed E-state index contributed by atoms with van der Waals surface area (Å²) < 4.78 is 0. The molecule has 0 bridgehead atoms. The van der Waals surface area contributed by atoms with Crippen LogP contribution in [-0.4, -0.2) is 44.8 Å². The van der Waals surface area contributed by atoms with Crippen molar-refractivity contribution >= 4 is 17.6 Å². The van der Waals surface area contributed by atoms with Crippen molar-refractivity contribution < 1.29 is 24.9 Å². The Hall–Kier alpha value is -2.19. The van der Waals surface area contributed by atoms with E-state index in [0.29, 0.717) is 0 Å². The molecular formula is C12H17N3O5. The van der Waals surface area contributed by atoms with E-state index in [-0.39, 0.29) is 35.8 Å². The maximum atomic E-state index is 10.7. The number of nitrogens with two attached hydrogens (primary N) is 1. The molecule has 0 saturated carbocycles. The molecule has 0 saturated heterocycles. The first-order valence-electron chi connectivity index (χ1n) is 5.92. The summed E-state index contributed by atoms with van der Waals surface area (Å²) in [6.45, 7) is 1.56. The van der Waals surface area contributed by atoms with Crippen LogP contribution in [0.25, 0.3) is 0 Å². The average Bonchev–Trinajstić information content (AvgIpc) is 2.36. The van der Waals surface area contributed by atoms with Gasteiger partial charge in [-0.1, -0.05) is 0 Å². The number of carboxylic acids is 1. The number of carbonyl (C=O) groups is 2. The van der Waals surface area contributed by atoms with Gasteiger partial charge in [-0.3, -0.25) is 4.79 Å². The lowest BCUT2D eigenvalue weighted by Gasteiger charge is -2.18. The molecule has 8 nitrogen and oxygen atoms in total. The number of aromatic nitrogens is 1. The van der Waals surface area contributed by atoms with Gasteiger partial charge in [-0.25, -0.2) is 9.78 Å². The highest BCUT2D eigenvalue weighted by Crippen LogP contribution is 2.21. The van der Waals surface area contributed by atoms with Crippen LogP contribution in [0.4, 0.5) is 5.69 Å². The van der Waals surface area contributed by atoms with Gasteiger partial charge in [0.25, 0.3) is 0 Å². The van der Waals surface area contributed by atoms with Crippen molar-refractivity contribution in [1.82, 2.24) is 10.3 Å². The number of pyridine rings is 1. The molecule has 0 spiro atoms. The quantitative estimate of drug-likeness (QED) is 0.463. The molecule has 2 atom stereocenters. The summed E-state index contributed by atoms with van der Waals surface area (Å²) in [5, 5.41) is 30.9. The number of carboxylic acid groups (broad SMARTS) is 1. The van der Waals surface area contributed by atoms with Crippen molar-refractivity contribution in [2.24, 2.45) is 0 Å². The highest BCUT2D eigenvalue weighted by Gasteiger charge is 2.20. The van der Waals surface area contributed by atoms with Crippen LogP contribution < -0.4 is 11.1 Å². The Balaban J connectivity index is 2.71. The zero-order valence-corrected chi connectivity index (χ0v) is 10.9. The number of amides is 1. The second-order valence-corrected chi connectivity index (χ2v) is 4.30. The van der Waals surface area contributed by atoms with Crippen molar-refractivity contribution in [2.45, 2.75) is 25.6 Å². The molecule has 0 fully saturated rings. The van der Waals surface area contributed by atoms with E-state index in [4.69, 9.17) is 10.8 Å². The SMILES string of the molecule is CC(=O)NCCC(O)C(O)c1cnc(C(=O)O)c(N)c1. The predicted molar refractivity (Wildman–Crippen MR) is 69.9 cm³/mol. The fourth-order valence-corrected chi connectivity index (χ4v) is 1.62. The van der Waals surface area contributed by atoms with E-state index >= 15 is 0 Å². The number of carbonyl (C=O) groups excluding carboxylic acids is 1. The van der Waals surface area contributed by atoms with Crippen LogP contribution in [0.5, 0.6) is 0 Å². The summed E-state index contributed by atoms with van der Waals surface area (Å²) in [7, 11) is 0. The van der Waals surface area contributed by atoms with E-state index < -0.39 is 18.2 Å². The third-order valence-electron chi connectivity index (χ3n) is 2.66. The topological polar surface area (TPSA) is 146 Å². The molecular weight excluding hydrogens is 266 g/mol. The number of nitrogens with zero attached hydrogens (tertiary/aromatic N) is 1. The first-order valence-corrected chi connectivity index (χ1v) is 5.92. The fraction of sp³-hybridized carbons (Fsp3) is 0.417. The van der Waals surface area contributed by atoms with E-state index in [1.807, 2.05) is 0 Å².